The van der Waals surface area contributed by atoms with Gasteiger partial charge in [-0.1, -0.05) is 6.42 Å². The third-order valence-corrected chi connectivity index (χ3v) is 3.09. The molecule has 2 unspecified atom stereocenters. The molecule has 2 N–H and O–H groups in total. The summed E-state index contributed by atoms with van der Waals surface area (Å²) in [6.07, 6.45) is 3.56. The summed E-state index contributed by atoms with van der Waals surface area (Å²) in [5.41, 5.74) is 0. The van der Waals surface area contributed by atoms with E-state index in [-0.39, 0.29) is 31.4 Å². The van der Waals surface area contributed by atoms with Gasteiger partial charge in [0.05, 0.1) is 6.54 Å². The van der Waals surface area contributed by atoms with Crippen molar-refractivity contribution in [3.8, 4) is 0 Å². The lowest BCUT2D eigenvalue weighted by molar-refractivity contribution is -0.140. The Bertz CT molecular complexity index is 194. The highest BCUT2D eigenvalue weighted by molar-refractivity contribution is 5.85. The van der Waals surface area contributed by atoms with E-state index in [1.54, 1.807) is 0 Å². The molecular formula is C9H18Cl2N2O2. The number of carbonyl (C=O) groups is 1. The van der Waals surface area contributed by atoms with Gasteiger partial charge < -0.3 is 10.4 Å². The average molecular weight is 257 g/mol. The number of nitrogens with one attached hydrogen (secondary N) is 1. The first-order valence-corrected chi connectivity index (χ1v) is 4.95. The molecule has 15 heavy (non-hydrogen) atoms. The molecule has 2 rings (SSSR count). The predicted molar refractivity (Wildman–Crippen MR) is 63.1 cm³/mol. The van der Waals surface area contributed by atoms with Crippen LogP contribution in [0.4, 0.5) is 0 Å². The number of carboxylic acid groups (broad SMARTS) is 1. The molecule has 0 aromatic carbocycles. The zero-order valence-electron chi connectivity index (χ0n) is 8.52. The first kappa shape index (κ1) is 15.0. The number of fused-ring (bicyclic) bond motifs is 2. The lowest BCUT2D eigenvalue weighted by Gasteiger charge is -2.45. The standard InChI is InChI=1S/C9H16N2O2.2ClH/c12-9(13)6-11-7-2-1-3-8(11)5-10-4-7;;/h7-8,10H,1-6H2,(H,12,13);2*1H. The number of hydrogen-bond acceptors (Lipinski definition) is 3. The van der Waals surface area contributed by atoms with Gasteiger partial charge in [0, 0.05) is 25.2 Å². The quantitative estimate of drug-likeness (QED) is 0.766. The van der Waals surface area contributed by atoms with Crippen molar-refractivity contribution in [3.63, 3.8) is 0 Å². The lowest BCUT2D eigenvalue weighted by atomic mass is 9.92. The summed E-state index contributed by atoms with van der Waals surface area (Å²) in [6, 6.07) is 0.923. The summed E-state index contributed by atoms with van der Waals surface area (Å²) in [5, 5.41) is 12.1. The molecule has 2 atom stereocenters. The van der Waals surface area contributed by atoms with Gasteiger partial charge in [-0.15, -0.1) is 24.8 Å². The molecule has 0 aliphatic carbocycles. The molecule has 0 aromatic heterocycles. The topological polar surface area (TPSA) is 52.6 Å². The molecule has 0 saturated carbocycles. The molecule has 2 heterocycles. The molecule has 0 amide bonds. The Kier molecular flexibility index (Phi) is 6.52. The minimum Gasteiger partial charge on any atom is -0.480 e. The minimum absolute atomic E-state index is 0. The summed E-state index contributed by atoms with van der Waals surface area (Å²) in [7, 11) is 0. The highest BCUT2D eigenvalue weighted by Crippen LogP contribution is 2.24. The molecule has 4 nitrogen and oxygen atoms in total. The van der Waals surface area contributed by atoms with Gasteiger partial charge in [0.15, 0.2) is 0 Å². The second kappa shape index (κ2) is 6.53. The third-order valence-electron chi connectivity index (χ3n) is 3.09. The summed E-state index contributed by atoms with van der Waals surface area (Å²) in [5.74, 6) is -0.696. The highest BCUT2D eigenvalue weighted by Gasteiger charge is 2.34. The van der Waals surface area contributed by atoms with E-state index in [1.165, 1.54) is 6.42 Å². The van der Waals surface area contributed by atoms with E-state index < -0.39 is 5.97 Å². The molecule has 2 bridgehead atoms. The fourth-order valence-corrected chi connectivity index (χ4v) is 2.49. The van der Waals surface area contributed by atoms with Crippen molar-refractivity contribution in [2.75, 3.05) is 19.6 Å². The van der Waals surface area contributed by atoms with E-state index in [0.29, 0.717) is 12.1 Å². The van der Waals surface area contributed by atoms with Crippen LogP contribution in [0.2, 0.25) is 0 Å². The largest absolute Gasteiger partial charge is 0.480 e. The molecule has 2 aliphatic rings. The maximum Gasteiger partial charge on any atom is 0.317 e. The second-order valence-corrected chi connectivity index (χ2v) is 3.96. The van der Waals surface area contributed by atoms with E-state index >= 15 is 0 Å². The van der Waals surface area contributed by atoms with E-state index in [0.717, 1.165) is 25.9 Å². The molecular weight excluding hydrogens is 239 g/mol. The number of rotatable bonds is 2. The Morgan fingerprint density at radius 3 is 2.27 bits per heavy atom. The monoisotopic (exact) mass is 256 g/mol. The molecule has 0 spiro atoms. The van der Waals surface area contributed by atoms with Gasteiger partial charge in [-0.2, -0.15) is 0 Å². The van der Waals surface area contributed by atoms with Crippen molar-refractivity contribution in [3.05, 3.63) is 0 Å². The number of halogens is 2. The number of nitrogens with zero attached hydrogens (tertiary/aromatic N) is 1. The minimum atomic E-state index is -0.696. The van der Waals surface area contributed by atoms with Gasteiger partial charge in [0.2, 0.25) is 0 Å². The van der Waals surface area contributed by atoms with Crippen molar-refractivity contribution in [2.45, 2.75) is 31.3 Å². The van der Waals surface area contributed by atoms with E-state index in [1.807, 2.05) is 0 Å². The van der Waals surface area contributed by atoms with Gasteiger partial charge >= 0.3 is 5.97 Å². The normalized spacial score (nSPS) is 29.9. The van der Waals surface area contributed by atoms with Crippen LogP contribution >= 0.6 is 24.8 Å². The summed E-state index contributed by atoms with van der Waals surface area (Å²) in [4.78, 5) is 12.8. The van der Waals surface area contributed by atoms with Crippen molar-refractivity contribution in [1.29, 1.82) is 0 Å². The van der Waals surface area contributed by atoms with Crippen LogP contribution in [0.25, 0.3) is 0 Å². The highest BCUT2D eigenvalue weighted by atomic mass is 35.5. The first-order valence-electron chi connectivity index (χ1n) is 4.95. The van der Waals surface area contributed by atoms with Gasteiger partial charge in [0.25, 0.3) is 0 Å². The van der Waals surface area contributed by atoms with Gasteiger partial charge in [0.1, 0.15) is 0 Å². The zero-order chi connectivity index (χ0) is 9.26. The van der Waals surface area contributed by atoms with E-state index in [4.69, 9.17) is 5.11 Å². The Morgan fingerprint density at radius 1 is 1.27 bits per heavy atom. The zero-order valence-corrected chi connectivity index (χ0v) is 10.1. The van der Waals surface area contributed by atoms with Gasteiger partial charge in [-0.05, 0) is 12.8 Å². The SMILES string of the molecule is Cl.Cl.O=C(O)CN1C2CCCC1CNC2. The number of piperazine rings is 1. The van der Waals surface area contributed by atoms with E-state index in [9.17, 15) is 4.79 Å². The maximum atomic E-state index is 10.6. The summed E-state index contributed by atoms with van der Waals surface area (Å²) < 4.78 is 0. The lowest BCUT2D eigenvalue weighted by Crippen LogP contribution is -2.60. The summed E-state index contributed by atoms with van der Waals surface area (Å²) in [6.45, 7) is 2.14. The fraction of sp³-hybridized carbons (Fsp3) is 0.889. The smallest absolute Gasteiger partial charge is 0.317 e. The Hall–Kier alpha value is -0.0300. The molecule has 2 aliphatic heterocycles. The maximum absolute atomic E-state index is 10.6. The van der Waals surface area contributed by atoms with Crippen LogP contribution in [0.1, 0.15) is 19.3 Å². The van der Waals surface area contributed by atoms with E-state index in [2.05, 4.69) is 10.2 Å². The van der Waals surface area contributed by atoms with Crippen molar-refractivity contribution in [1.82, 2.24) is 10.2 Å². The van der Waals surface area contributed by atoms with Crippen LogP contribution < -0.4 is 5.32 Å². The number of carboxylic acids is 1. The molecule has 6 heteroatoms. The Morgan fingerprint density at radius 2 is 1.80 bits per heavy atom. The molecule has 90 valence electrons. The average Bonchev–Trinajstić information content (AvgIpc) is 2.02. The molecule has 2 saturated heterocycles. The van der Waals surface area contributed by atoms with Crippen LogP contribution in [0.3, 0.4) is 0 Å². The molecule has 0 radical (unpaired) electrons. The number of hydrogen-bond donors (Lipinski definition) is 2. The van der Waals surface area contributed by atoms with Crippen LogP contribution in [-0.4, -0.2) is 47.7 Å². The van der Waals surface area contributed by atoms with Crippen molar-refractivity contribution < 1.29 is 9.90 Å². The van der Waals surface area contributed by atoms with Gasteiger partial charge in [-0.3, -0.25) is 9.69 Å². The third kappa shape index (κ3) is 3.48. The van der Waals surface area contributed by atoms with Crippen LogP contribution in [0.5, 0.6) is 0 Å². The predicted octanol–water partition coefficient (Wildman–Crippen LogP) is 0.741. The van der Waals surface area contributed by atoms with Crippen LogP contribution in [-0.2, 0) is 4.79 Å². The summed E-state index contributed by atoms with van der Waals surface area (Å²) >= 11 is 0. The number of aliphatic carboxylic acids is 1. The fourth-order valence-electron chi connectivity index (χ4n) is 2.49. The van der Waals surface area contributed by atoms with Gasteiger partial charge in [-0.25, -0.2) is 0 Å². The van der Waals surface area contributed by atoms with Crippen molar-refractivity contribution in [2.24, 2.45) is 0 Å². The first-order chi connectivity index (χ1) is 6.27. The Balaban J connectivity index is 0.000000980. The van der Waals surface area contributed by atoms with Crippen molar-refractivity contribution >= 4 is 30.8 Å². The van der Waals surface area contributed by atoms with Crippen LogP contribution in [0, 0.1) is 0 Å². The second-order valence-electron chi connectivity index (χ2n) is 3.96. The number of piperidine rings is 1. The van der Waals surface area contributed by atoms with Crippen LogP contribution in [0.15, 0.2) is 0 Å². The molecule has 0 aromatic rings. The Labute approximate surface area is 102 Å². The molecule has 2 fully saturated rings.